The SMILES string of the molecule is COc1ccc(CN=C2CC[C@@H]3ON=C(Br)[C@H]23)cc1. The fraction of sp³-hybridized carbons (Fsp3) is 0.429. The predicted octanol–water partition coefficient (Wildman–Crippen LogP) is 3.15. The zero-order valence-corrected chi connectivity index (χ0v) is 12.3. The van der Waals surface area contributed by atoms with E-state index in [2.05, 4.69) is 21.1 Å². The van der Waals surface area contributed by atoms with E-state index in [9.17, 15) is 0 Å². The molecule has 1 aromatic carbocycles. The first-order chi connectivity index (χ1) is 9.28. The Morgan fingerprint density at radius 2 is 2.21 bits per heavy atom. The van der Waals surface area contributed by atoms with E-state index in [-0.39, 0.29) is 12.0 Å². The fourth-order valence-electron chi connectivity index (χ4n) is 2.51. The number of hydrogen-bond acceptors (Lipinski definition) is 4. The molecule has 1 heterocycles. The van der Waals surface area contributed by atoms with Gasteiger partial charge in [0.2, 0.25) is 0 Å². The standard InChI is InChI=1S/C14H15BrN2O2/c1-18-10-4-2-9(3-5-10)8-16-11-6-7-12-13(11)14(15)17-19-12/h2-5,12-13H,6-8H2,1H3/t12-,13+/m0/s1. The smallest absolute Gasteiger partial charge is 0.142 e. The number of oxime groups is 1. The van der Waals surface area contributed by atoms with Crippen LogP contribution in [0.1, 0.15) is 18.4 Å². The van der Waals surface area contributed by atoms with Crippen molar-refractivity contribution in [1.29, 1.82) is 0 Å². The van der Waals surface area contributed by atoms with Gasteiger partial charge in [0.1, 0.15) is 16.5 Å². The first-order valence-corrected chi connectivity index (χ1v) is 7.12. The largest absolute Gasteiger partial charge is 0.497 e. The lowest BCUT2D eigenvalue weighted by atomic mass is 10.1. The molecule has 0 saturated heterocycles. The highest BCUT2D eigenvalue weighted by atomic mass is 79.9. The molecule has 5 heteroatoms. The third-order valence-corrected chi connectivity index (χ3v) is 4.21. The summed E-state index contributed by atoms with van der Waals surface area (Å²) in [5, 5.41) is 3.98. The van der Waals surface area contributed by atoms with E-state index < -0.39 is 0 Å². The van der Waals surface area contributed by atoms with E-state index in [1.807, 2.05) is 24.3 Å². The highest BCUT2D eigenvalue weighted by molar-refractivity contribution is 9.18. The van der Waals surface area contributed by atoms with E-state index >= 15 is 0 Å². The molecule has 0 spiro atoms. The second-order valence-electron chi connectivity index (χ2n) is 4.73. The molecule has 2 atom stereocenters. The number of aliphatic imine (C=N–C) groups is 1. The summed E-state index contributed by atoms with van der Waals surface area (Å²) in [6.45, 7) is 0.697. The number of rotatable bonds is 3. The van der Waals surface area contributed by atoms with Gasteiger partial charge in [-0.2, -0.15) is 0 Å². The third-order valence-electron chi connectivity index (χ3n) is 3.57. The Kier molecular flexibility index (Phi) is 3.55. The van der Waals surface area contributed by atoms with Gasteiger partial charge in [-0.25, -0.2) is 0 Å². The molecule has 4 nitrogen and oxygen atoms in total. The van der Waals surface area contributed by atoms with Crippen LogP contribution in [0, 0.1) is 5.92 Å². The molecular weight excluding hydrogens is 308 g/mol. The third kappa shape index (κ3) is 2.52. The van der Waals surface area contributed by atoms with Crippen molar-refractivity contribution in [2.45, 2.75) is 25.5 Å². The van der Waals surface area contributed by atoms with Crippen molar-refractivity contribution in [2.24, 2.45) is 16.1 Å². The molecule has 1 aliphatic carbocycles. The summed E-state index contributed by atoms with van der Waals surface area (Å²) in [6.07, 6.45) is 2.19. The Labute approximate surface area is 120 Å². The maximum absolute atomic E-state index is 5.35. The summed E-state index contributed by atoms with van der Waals surface area (Å²) < 4.78 is 6.02. The van der Waals surface area contributed by atoms with Crippen LogP contribution in [0.2, 0.25) is 0 Å². The maximum atomic E-state index is 5.35. The van der Waals surface area contributed by atoms with Crippen molar-refractivity contribution in [3.8, 4) is 5.75 Å². The van der Waals surface area contributed by atoms with Gasteiger partial charge < -0.3 is 9.57 Å². The number of ether oxygens (including phenoxy) is 1. The van der Waals surface area contributed by atoms with Crippen molar-refractivity contribution in [2.75, 3.05) is 7.11 Å². The summed E-state index contributed by atoms with van der Waals surface area (Å²) in [5.41, 5.74) is 2.37. The molecule has 1 fully saturated rings. The van der Waals surface area contributed by atoms with Gasteiger partial charge in [0, 0.05) is 5.71 Å². The quantitative estimate of drug-likeness (QED) is 0.858. The maximum Gasteiger partial charge on any atom is 0.142 e. The summed E-state index contributed by atoms with van der Waals surface area (Å²) in [7, 11) is 1.67. The van der Waals surface area contributed by atoms with Crippen molar-refractivity contribution in [3.05, 3.63) is 29.8 Å². The van der Waals surface area contributed by atoms with Crippen LogP contribution in [0.3, 0.4) is 0 Å². The molecule has 1 saturated carbocycles. The van der Waals surface area contributed by atoms with Crippen molar-refractivity contribution < 1.29 is 9.57 Å². The predicted molar refractivity (Wildman–Crippen MR) is 78.1 cm³/mol. The number of nitrogens with zero attached hydrogens (tertiary/aromatic N) is 2. The molecule has 100 valence electrons. The van der Waals surface area contributed by atoms with Crippen molar-refractivity contribution >= 4 is 26.3 Å². The normalized spacial score (nSPS) is 27.1. The second-order valence-corrected chi connectivity index (χ2v) is 5.54. The molecule has 1 aliphatic heterocycles. The average Bonchev–Trinajstić information content (AvgIpc) is 3.01. The van der Waals surface area contributed by atoms with Gasteiger partial charge in [0.15, 0.2) is 0 Å². The van der Waals surface area contributed by atoms with Crippen molar-refractivity contribution in [1.82, 2.24) is 0 Å². The zero-order valence-electron chi connectivity index (χ0n) is 10.7. The molecule has 0 radical (unpaired) electrons. The molecule has 0 aromatic heterocycles. The highest BCUT2D eigenvalue weighted by Crippen LogP contribution is 2.34. The number of fused-ring (bicyclic) bond motifs is 1. The lowest BCUT2D eigenvalue weighted by Crippen LogP contribution is -2.20. The summed E-state index contributed by atoms with van der Waals surface area (Å²) >= 11 is 3.46. The Balaban J connectivity index is 1.70. The van der Waals surface area contributed by atoms with E-state index in [1.165, 1.54) is 11.3 Å². The monoisotopic (exact) mass is 322 g/mol. The minimum Gasteiger partial charge on any atom is -0.497 e. The van der Waals surface area contributed by atoms with Crippen molar-refractivity contribution in [3.63, 3.8) is 0 Å². The number of methoxy groups -OCH3 is 1. The molecule has 3 rings (SSSR count). The average molecular weight is 323 g/mol. The van der Waals surface area contributed by atoms with Crippen LogP contribution >= 0.6 is 15.9 Å². The molecular formula is C14H15BrN2O2. The van der Waals surface area contributed by atoms with Gasteiger partial charge in [-0.1, -0.05) is 17.3 Å². The van der Waals surface area contributed by atoms with E-state index in [4.69, 9.17) is 14.6 Å². The molecule has 19 heavy (non-hydrogen) atoms. The first kappa shape index (κ1) is 12.7. The lowest BCUT2D eigenvalue weighted by molar-refractivity contribution is 0.0782. The fourth-order valence-corrected chi connectivity index (χ4v) is 3.15. The van der Waals surface area contributed by atoms with Gasteiger partial charge in [-0.3, -0.25) is 4.99 Å². The zero-order chi connectivity index (χ0) is 13.2. The second kappa shape index (κ2) is 5.33. The number of halogens is 1. The summed E-state index contributed by atoms with van der Waals surface area (Å²) in [4.78, 5) is 10.1. The van der Waals surface area contributed by atoms with Gasteiger partial charge in [0.05, 0.1) is 19.6 Å². The molecule has 0 unspecified atom stereocenters. The van der Waals surface area contributed by atoms with Crippen LogP contribution in [-0.4, -0.2) is 23.5 Å². The van der Waals surface area contributed by atoms with Gasteiger partial charge in [-0.05, 0) is 46.5 Å². The van der Waals surface area contributed by atoms with Crippen LogP contribution < -0.4 is 4.74 Å². The Morgan fingerprint density at radius 1 is 1.42 bits per heavy atom. The van der Waals surface area contributed by atoms with E-state index in [0.29, 0.717) is 6.54 Å². The van der Waals surface area contributed by atoms with Gasteiger partial charge >= 0.3 is 0 Å². The van der Waals surface area contributed by atoms with Crippen LogP contribution in [0.5, 0.6) is 5.75 Å². The Morgan fingerprint density at radius 3 is 2.95 bits per heavy atom. The molecule has 0 amide bonds. The summed E-state index contributed by atoms with van der Waals surface area (Å²) in [5.74, 6) is 1.11. The number of benzene rings is 1. The summed E-state index contributed by atoms with van der Waals surface area (Å²) in [6, 6.07) is 8.01. The number of hydrogen-bond donors (Lipinski definition) is 0. The molecule has 2 aliphatic rings. The van der Waals surface area contributed by atoms with Crippen LogP contribution in [0.4, 0.5) is 0 Å². The molecule has 1 aromatic rings. The van der Waals surface area contributed by atoms with Gasteiger partial charge in [-0.15, -0.1) is 0 Å². The van der Waals surface area contributed by atoms with Crippen LogP contribution in [-0.2, 0) is 11.4 Å². The van der Waals surface area contributed by atoms with Crippen LogP contribution in [0.15, 0.2) is 34.4 Å². The lowest BCUT2D eigenvalue weighted by Gasteiger charge is -2.07. The minimum absolute atomic E-state index is 0.184. The van der Waals surface area contributed by atoms with Crippen LogP contribution in [0.25, 0.3) is 0 Å². The highest BCUT2D eigenvalue weighted by Gasteiger charge is 2.41. The first-order valence-electron chi connectivity index (χ1n) is 6.33. The Hall–Kier alpha value is -1.36. The molecule has 0 N–H and O–H groups in total. The molecule has 0 bridgehead atoms. The van der Waals surface area contributed by atoms with E-state index in [0.717, 1.165) is 23.2 Å². The topological polar surface area (TPSA) is 43.2 Å². The van der Waals surface area contributed by atoms with E-state index in [1.54, 1.807) is 7.11 Å². The minimum atomic E-state index is 0.184. The Bertz CT molecular complexity index is 525. The van der Waals surface area contributed by atoms with Gasteiger partial charge in [0.25, 0.3) is 0 Å².